The van der Waals surface area contributed by atoms with Crippen molar-refractivity contribution >= 4 is 21.8 Å². The predicted molar refractivity (Wildman–Crippen MR) is 116 cm³/mol. The van der Waals surface area contributed by atoms with E-state index in [-0.39, 0.29) is 0 Å². The molecule has 1 heterocycles. The summed E-state index contributed by atoms with van der Waals surface area (Å²) in [6.45, 7) is 1.45. The van der Waals surface area contributed by atoms with E-state index < -0.39 is 21.6 Å². The van der Waals surface area contributed by atoms with Crippen LogP contribution in [0.3, 0.4) is 0 Å². The molecule has 1 aliphatic heterocycles. The molecule has 31 heavy (non-hydrogen) atoms. The van der Waals surface area contributed by atoms with E-state index in [1.807, 2.05) is 18.2 Å². The third kappa shape index (κ3) is 5.14. The van der Waals surface area contributed by atoms with Crippen molar-refractivity contribution in [3.05, 3.63) is 83.4 Å². The zero-order valence-electron chi connectivity index (χ0n) is 16.7. The van der Waals surface area contributed by atoms with E-state index in [1.54, 1.807) is 18.2 Å². The lowest BCUT2D eigenvalue weighted by Gasteiger charge is -2.28. The first-order valence-electron chi connectivity index (χ1n) is 9.62. The van der Waals surface area contributed by atoms with Gasteiger partial charge in [0.1, 0.15) is 0 Å². The summed E-state index contributed by atoms with van der Waals surface area (Å²) >= 11 is 1.45. The van der Waals surface area contributed by atoms with Gasteiger partial charge >= 0.3 is 6.18 Å². The molecule has 0 fully saturated rings. The van der Waals surface area contributed by atoms with Crippen LogP contribution in [0.15, 0.2) is 76.5 Å². The average molecular weight is 464 g/mol. The van der Waals surface area contributed by atoms with Crippen molar-refractivity contribution < 1.29 is 21.6 Å². The minimum Gasteiger partial charge on any atom is -0.242 e. The summed E-state index contributed by atoms with van der Waals surface area (Å²) < 4.78 is 64.0. The van der Waals surface area contributed by atoms with Gasteiger partial charge in [0.05, 0.1) is 10.5 Å². The largest absolute Gasteiger partial charge is 0.416 e. The number of sulfone groups is 1. The van der Waals surface area contributed by atoms with Gasteiger partial charge in [-0.3, -0.25) is 0 Å². The highest BCUT2D eigenvalue weighted by atomic mass is 32.2. The Balaban J connectivity index is 1.49. The molecule has 0 saturated carbocycles. The average Bonchev–Trinajstić information content (AvgIpc) is 2.72. The van der Waals surface area contributed by atoms with Crippen LogP contribution < -0.4 is 0 Å². The fraction of sp³-hybridized carbons (Fsp3) is 0.217. The second-order valence-electron chi connectivity index (χ2n) is 7.51. The highest BCUT2D eigenvalue weighted by molar-refractivity contribution is 7.97. The summed E-state index contributed by atoms with van der Waals surface area (Å²) in [6, 6.07) is 18.2. The first kappa shape index (κ1) is 21.9. The van der Waals surface area contributed by atoms with E-state index in [4.69, 9.17) is 0 Å². The molecule has 3 aromatic carbocycles. The summed E-state index contributed by atoms with van der Waals surface area (Å²) in [6.07, 6.45) is -2.32. The van der Waals surface area contributed by atoms with Crippen LogP contribution in [0.25, 0.3) is 11.1 Å². The first-order chi connectivity index (χ1) is 14.6. The number of halogens is 3. The molecule has 3 nitrogen and oxygen atoms in total. The minimum absolute atomic E-state index is 0.293. The van der Waals surface area contributed by atoms with Crippen LogP contribution in [0.4, 0.5) is 13.2 Å². The molecule has 0 bridgehead atoms. The van der Waals surface area contributed by atoms with Crippen molar-refractivity contribution in [3.8, 4) is 11.1 Å². The van der Waals surface area contributed by atoms with Crippen LogP contribution in [0.2, 0.25) is 0 Å². The molecule has 0 amide bonds. The third-order valence-electron chi connectivity index (χ3n) is 5.20. The number of nitrogens with zero attached hydrogens (tertiary/aromatic N) is 1. The van der Waals surface area contributed by atoms with Crippen molar-refractivity contribution in [1.82, 2.24) is 4.31 Å². The van der Waals surface area contributed by atoms with E-state index in [0.717, 1.165) is 46.7 Å². The van der Waals surface area contributed by atoms with E-state index in [2.05, 4.69) is 10.4 Å². The molecule has 4 rings (SSSR count). The van der Waals surface area contributed by atoms with Gasteiger partial charge in [-0.2, -0.15) is 13.2 Å². The Kier molecular flexibility index (Phi) is 5.89. The molecule has 0 N–H and O–H groups in total. The number of hydrogen-bond donors (Lipinski definition) is 0. The quantitative estimate of drug-likeness (QED) is 0.456. The van der Waals surface area contributed by atoms with Crippen molar-refractivity contribution in [2.24, 2.45) is 0 Å². The Bertz CT molecular complexity index is 1210. The fourth-order valence-electron chi connectivity index (χ4n) is 3.54. The van der Waals surface area contributed by atoms with Crippen LogP contribution >= 0.6 is 11.9 Å². The van der Waals surface area contributed by atoms with Crippen LogP contribution in [-0.4, -0.2) is 25.5 Å². The molecular weight excluding hydrogens is 443 g/mol. The van der Waals surface area contributed by atoms with Gasteiger partial charge in [-0.15, -0.1) is 0 Å². The van der Waals surface area contributed by atoms with E-state index >= 15 is 0 Å². The fourth-order valence-corrected chi connectivity index (χ4v) is 5.15. The third-order valence-corrected chi connectivity index (χ3v) is 7.36. The van der Waals surface area contributed by atoms with Crippen LogP contribution in [0, 0.1) is 0 Å². The molecule has 0 spiro atoms. The van der Waals surface area contributed by atoms with Gasteiger partial charge < -0.3 is 0 Å². The summed E-state index contributed by atoms with van der Waals surface area (Å²) in [7, 11) is -3.27. The summed E-state index contributed by atoms with van der Waals surface area (Å²) in [5, 5.41) is 0. The molecule has 0 saturated heterocycles. The molecule has 8 heteroatoms. The number of rotatable bonds is 4. The van der Waals surface area contributed by atoms with Gasteiger partial charge in [0.2, 0.25) is 0 Å². The maximum atomic E-state index is 12.7. The minimum atomic E-state index is -4.33. The molecule has 162 valence electrons. The predicted octanol–water partition coefficient (Wildman–Crippen LogP) is 5.84. The van der Waals surface area contributed by atoms with Crippen molar-refractivity contribution in [1.29, 1.82) is 0 Å². The summed E-state index contributed by atoms with van der Waals surface area (Å²) in [5.41, 5.74) is 3.54. The Hall–Kier alpha value is -2.29. The van der Waals surface area contributed by atoms with Gasteiger partial charge in [0.25, 0.3) is 0 Å². The molecule has 0 radical (unpaired) electrons. The molecule has 1 aliphatic rings. The second-order valence-corrected chi connectivity index (χ2v) is 10.7. The first-order valence-corrected chi connectivity index (χ1v) is 12.3. The Morgan fingerprint density at radius 1 is 0.903 bits per heavy atom. The maximum Gasteiger partial charge on any atom is 0.416 e. The number of fused-ring (bicyclic) bond motifs is 1. The normalized spacial score (nSPS) is 15.0. The Morgan fingerprint density at radius 3 is 2.29 bits per heavy atom. The summed E-state index contributed by atoms with van der Waals surface area (Å²) in [5.74, 6) is 0. The molecule has 0 aromatic heterocycles. The topological polar surface area (TPSA) is 37.4 Å². The van der Waals surface area contributed by atoms with Gasteiger partial charge in [-0.05, 0) is 77.0 Å². The van der Waals surface area contributed by atoms with Gasteiger partial charge in [0, 0.05) is 24.2 Å². The number of hydrogen-bond acceptors (Lipinski definition) is 4. The second kappa shape index (κ2) is 8.33. The molecular formula is C23H20F3NO2S2. The van der Waals surface area contributed by atoms with Crippen LogP contribution in [0.5, 0.6) is 0 Å². The summed E-state index contributed by atoms with van der Waals surface area (Å²) in [4.78, 5) is 1.06. The van der Waals surface area contributed by atoms with Crippen molar-refractivity contribution in [3.63, 3.8) is 0 Å². The molecule has 3 aromatic rings. The highest BCUT2D eigenvalue weighted by Gasteiger charge is 2.30. The Morgan fingerprint density at radius 2 is 1.61 bits per heavy atom. The highest BCUT2D eigenvalue weighted by Crippen LogP contribution is 2.34. The van der Waals surface area contributed by atoms with Gasteiger partial charge in [0.15, 0.2) is 9.84 Å². The maximum absolute atomic E-state index is 12.7. The van der Waals surface area contributed by atoms with Crippen LogP contribution in [-0.2, 0) is 29.0 Å². The monoisotopic (exact) mass is 463 g/mol. The standard InChI is InChI=1S/C23H20F3NO2S2/c1-31(28,29)22-4-2-3-16(14-22)17-5-6-19-15-27(12-11-18(19)13-17)30-21-9-7-20(8-10-21)23(24,25)26/h2-10,13-14H,11-12,15H2,1H3. The Labute approximate surface area is 184 Å². The SMILES string of the molecule is CS(=O)(=O)c1cccc(-c2ccc3c(c2)CCN(Sc2ccc(C(F)(F)F)cc2)C3)c1. The molecule has 0 unspecified atom stereocenters. The lowest BCUT2D eigenvalue weighted by Crippen LogP contribution is -2.24. The zero-order valence-corrected chi connectivity index (χ0v) is 18.3. The van der Waals surface area contributed by atoms with E-state index in [0.29, 0.717) is 11.4 Å². The lowest BCUT2D eigenvalue weighted by molar-refractivity contribution is -0.137. The number of alkyl halides is 3. The lowest BCUT2D eigenvalue weighted by atomic mass is 9.95. The zero-order chi connectivity index (χ0) is 22.2. The smallest absolute Gasteiger partial charge is 0.242 e. The number of benzene rings is 3. The van der Waals surface area contributed by atoms with Crippen molar-refractivity contribution in [2.75, 3.05) is 12.8 Å². The van der Waals surface area contributed by atoms with E-state index in [9.17, 15) is 21.6 Å². The van der Waals surface area contributed by atoms with Crippen LogP contribution in [0.1, 0.15) is 16.7 Å². The van der Waals surface area contributed by atoms with Gasteiger partial charge in [-0.1, -0.05) is 30.3 Å². The van der Waals surface area contributed by atoms with Gasteiger partial charge in [-0.25, -0.2) is 12.7 Å². The van der Waals surface area contributed by atoms with E-state index in [1.165, 1.54) is 35.9 Å². The molecule has 0 atom stereocenters. The molecule has 0 aliphatic carbocycles. The van der Waals surface area contributed by atoms with Crippen molar-refractivity contribution in [2.45, 2.75) is 28.9 Å².